The molecule has 0 atom stereocenters. The van der Waals surface area contributed by atoms with Gasteiger partial charge in [-0.25, -0.2) is 4.98 Å². The second-order valence-corrected chi connectivity index (χ2v) is 5.35. The Morgan fingerprint density at radius 3 is 2.50 bits per heavy atom. The summed E-state index contributed by atoms with van der Waals surface area (Å²) < 4.78 is 0. The number of aromatic nitrogens is 1. The molecule has 20 heavy (non-hydrogen) atoms. The van der Waals surface area contributed by atoms with Gasteiger partial charge in [0.25, 0.3) is 5.91 Å². The van der Waals surface area contributed by atoms with Gasteiger partial charge in [-0.15, -0.1) is 0 Å². The lowest BCUT2D eigenvalue weighted by Crippen LogP contribution is -2.14. The van der Waals surface area contributed by atoms with Crippen molar-refractivity contribution in [3.63, 3.8) is 0 Å². The molecular formula is C13H14N4O2S. The van der Waals surface area contributed by atoms with Crippen LogP contribution in [0.25, 0.3) is 0 Å². The summed E-state index contributed by atoms with van der Waals surface area (Å²) in [4.78, 5) is 27.7. The van der Waals surface area contributed by atoms with Gasteiger partial charge in [0.15, 0.2) is 5.13 Å². The largest absolute Gasteiger partial charge is 0.375 e. The summed E-state index contributed by atoms with van der Waals surface area (Å²) in [5.74, 6) is -0.774. The van der Waals surface area contributed by atoms with Crippen LogP contribution in [0.4, 0.5) is 10.8 Å². The van der Waals surface area contributed by atoms with Gasteiger partial charge in [0, 0.05) is 11.3 Å². The molecule has 0 aliphatic heterocycles. The predicted octanol–water partition coefficient (Wildman–Crippen LogP) is 1.69. The van der Waals surface area contributed by atoms with Crippen LogP contribution in [0.2, 0.25) is 0 Å². The van der Waals surface area contributed by atoms with Crippen molar-refractivity contribution in [2.75, 3.05) is 11.1 Å². The van der Waals surface area contributed by atoms with Crippen LogP contribution in [0.3, 0.4) is 0 Å². The van der Waals surface area contributed by atoms with Crippen molar-refractivity contribution in [3.05, 3.63) is 39.9 Å². The molecular weight excluding hydrogens is 276 g/mol. The highest BCUT2D eigenvalue weighted by Gasteiger charge is 2.15. The van der Waals surface area contributed by atoms with Gasteiger partial charge in [0.05, 0.1) is 5.69 Å². The summed E-state index contributed by atoms with van der Waals surface area (Å²) >= 11 is 1.14. The number of nitrogen functional groups attached to an aromatic ring is 1. The number of hydrogen-bond acceptors (Lipinski definition) is 5. The maximum atomic E-state index is 12.1. The van der Waals surface area contributed by atoms with Crippen molar-refractivity contribution in [3.8, 4) is 0 Å². The SMILES string of the molecule is Cc1cc(C(N)=O)ccc1NC(=O)c1sc(N)nc1C. The van der Waals surface area contributed by atoms with Crippen LogP contribution in [0, 0.1) is 13.8 Å². The van der Waals surface area contributed by atoms with E-state index in [4.69, 9.17) is 11.5 Å². The maximum absolute atomic E-state index is 12.1. The Labute approximate surface area is 119 Å². The topological polar surface area (TPSA) is 111 Å². The molecule has 6 nitrogen and oxygen atoms in total. The first-order chi connectivity index (χ1) is 9.38. The quantitative estimate of drug-likeness (QED) is 0.798. The molecule has 104 valence electrons. The number of rotatable bonds is 3. The van der Waals surface area contributed by atoms with Gasteiger partial charge < -0.3 is 16.8 Å². The number of primary amides is 1. The van der Waals surface area contributed by atoms with Gasteiger partial charge in [-0.2, -0.15) is 0 Å². The van der Waals surface area contributed by atoms with E-state index in [0.29, 0.717) is 27.0 Å². The second-order valence-electron chi connectivity index (χ2n) is 4.31. The number of hydrogen-bond donors (Lipinski definition) is 3. The normalized spacial score (nSPS) is 10.3. The zero-order valence-corrected chi connectivity index (χ0v) is 11.9. The van der Waals surface area contributed by atoms with E-state index in [1.54, 1.807) is 32.0 Å². The van der Waals surface area contributed by atoms with Gasteiger partial charge >= 0.3 is 0 Å². The molecule has 0 fully saturated rings. The van der Waals surface area contributed by atoms with E-state index in [1.807, 2.05) is 0 Å². The van der Waals surface area contributed by atoms with Crippen molar-refractivity contribution in [1.82, 2.24) is 4.98 Å². The van der Waals surface area contributed by atoms with Gasteiger partial charge in [-0.05, 0) is 37.6 Å². The van der Waals surface area contributed by atoms with E-state index < -0.39 is 5.91 Å². The average Bonchev–Trinajstić information content (AvgIpc) is 2.70. The Hall–Kier alpha value is -2.41. The van der Waals surface area contributed by atoms with E-state index in [2.05, 4.69) is 10.3 Å². The fraction of sp³-hybridized carbons (Fsp3) is 0.154. The predicted molar refractivity (Wildman–Crippen MR) is 78.9 cm³/mol. The summed E-state index contributed by atoms with van der Waals surface area (Å²) in [5.41, 5.74) is 13.1. The summed E-state index contributed by atoms with van der Waals surface area (Å²) in [5, 5.41) is 3.13. The fourth-order valence-electron chi connectivity index (χ4n) is 1.76. The van der Waals surface area contributed by atoms with E-state index in [1.165, 1.54) is 0 Å². The van der Waals surface area contributed by atoms with Gasteiger partial charge in [0.2, 0.25) is 5.91 Å². The third-order valence-electron chi connectivity index (χ3n) is 2.78. The molecule has 0 saturated carbocycles. The third kappa shape index (κ3) is 2.77. The smallest absolute Gasteiger partial charge is 0.267 e. The monoisotopic (exact) mass is 290 g/mol. The van der Waals surface area contributed by atoms with Crippen molar-refractivity contribution in [2.45, 2.75) is 13.8 Å². The van der Waals surface area contributed by atoms with Crippen LogP contribution in [0.15, 0.2) is 18.2 Å². The standard InChI is InChI=1S/C13H14N4O2S/c1-6-5-8(11(14)18)3-4-9(6)17-12(19)10-7(2)16-13(15)20-10/h3-5H,1-2H3,(H2,14,18)(H2,15,16)(H,17,19). The molecule has 2 amide bonds. The summed E-state index contributed by atoms with van der Waals surface area (Å²) in [6.45, 7) is 3.51. The molecule has 0 spiro atoms. The minimum Gasteiger partial charge on any atom is -0.375 e. The lowest BCUT2D eigenvalue weighted by Gasteiger charge is -2.08. The highest BCUT2D eigenvalue weighted by atomic mass is 32.1. The zero-order valence-electron chi connectivity index (χ0n) is 11.1. The molecule has 0 bridgehead atoms. The Balaban J connectivity index is 2.24. The number of carbonyl (C=O) groups is 2. The molecule has 1 aromatic carbocycles. The van der Waals surface area contributed by atoms with Crippen LogP contribution >= 0.6 is 11.3 Å². The first-order valence-corrected chi connectivity index (χ1v) is 6.65. The van der Waals surface area contributed by atoms with Crippen LogP contribution in [0.1, 0.15) is 31.3 Å². The maximum Gasteiger partial charge on any atom is 0.267 e. The molecule has 2 rings (SSSR count). The Morgan fingerprint density at radius 2 is 2.00 bits per heavy atom. The van der Waals surface area contributed by atoms with E-state index >= 15 is 0 Å². The molecule has 0 aliphatic rings. The average molecular weight is 290 g/mol. The molecule has 0 saturated heterocycles. The number of thiazole rings is 1. The fourth-order valence-corrected chi connectivity index (χ4v) is 2.49. The highest BCUT2D eigenvalue weighted by molar-refractivity contribution is 7.17. The van der Waals surface area contributed by atoms with Crippen molar-refractivity contribution in [1.29, 1.82) is 0 Å². The Kier molecular flexibility index (Phi) is 3.71. The van der Waals surface area contributed by atoms with E-state index in [9.17, 15) is 9.59 Å². The lowest BCUT2D eigenvalue weighted by molar-refractivity contribution is 0.0998. The number of nitrogens with zero attached hydrogens (tertiary/aromatic N) is 1. The molecule has 2 aromatic rings. The molecule has 1 heterocycles. The first-order valence-electron chi connectivity index (χ1n) is 5.83. The lowest BCUT2D eigenvalue weighted by atomic mass is 10.1. The van der Waals surface area contributed by atoms with Gasteiger partial charge in [-0.3, -0.25) is 9.59 Å². The number of benzene rings is 1. The van der Waals surface area contributed by atoms with E-state index in [0.717, 1.165) is 16.9 Å². The number of carbonyl (C=O) groups excluding carboxylic acids is 2. The van der Waals surface area contributed by atoms with Crippen LogP contribution in [-0.4, -0.2) is 16.8 Å². The summed E-state index contributed by atoms with van der Waals surface area (Å²) in [7, 11) is 0. The van der Waals surface area contributed by atoms with Crippen LogP contribution in [-0.2, 0) is 0 Å². The molecule has 1 aromatic heterocycles. The van der Waals surface area contributed by atoms with Crippen molar-refractivity contribution >= 4 is 34.0 Å². The van der Waals surface area contributed by atoms with Crippen LogP contribution in [0.5, 0.6) is 0 Å². The number of amides is 2. The second kappa shape index (κ2) is 5.30. The minimum atomic E-state index is -0.503. The molecule has 0 radical (unpaired) electrons. The van der Waals surface area contributed by atoms with Crippen molar-refractivity contribution in [2.24, 2.45) is 5.73 Å². The Bertz CT molecular complexity index is 694. The Morgan fingerprint density at radius 1 is 1.30 bits per heavy atom. The third-order valence-corrected chi connectivity index (χ3v) is 3.76. The zero-order chi connectivity index (χ0) is 14.9. The first kappa shape index (κ1) is 14.0. The number of nitrogens with one attached hydrogen (secondary N) is 1. The molecule has 0 aliphatic carbocycles. The number of nitrogens with two attached hydrogens (primary N) is 2. The summed E-state index contributed by atoms with van der Waals surface area (Å²) in [6.07, 6.45) is 0. The van der Waals surface area contributed by atoms with Crippen LogP contribution < -0.4 is 16.8 Å². The van der Waals surface area contributed by atoms with E-state index in [-0.39, 0.29) is 5.91 Å². The summed E-state index contributed by atoms with van der Waals surface area (Å²) in [6, 6.07) is 4.84. The molecule has 5 N–H and O–H groups in total. The van der Waals surface area contributed by atoms with Gasteiger partial charge in [-0.1, -0.05) is 11.3 Å². The molecule has 0 unspecified atom stereocenters. The number of aryl methyl sites for hydroxylation is 2. The van der Waals surface area contributed by atoms with Crippen molar-refractivity contribution < 1.29 is 9.59 Å². The molecule has 7 heteroatoms. The highest BCUT2D eigenvalue weighted by Crippen LogP contribution is 2.22. The minimum absolute atomic E-state index is 0.272. The number of anilines is 2. The van der Waals surface area contributed by atoms with Gasteiger partial charge in [0.1, 0.15) is 4.88 Å².